The fraction of sp³-hybridized carbons (Fsp3) is 0.467. The van der Waals surface area contributed by atoms with Gasteiger partial charge in [-0.3, -0.25) is 4.79 Å². The topological polar surface area (TPSA) is 95.4 Å². The van der Waals surface area contributed by atoms with Gasteiger partial charge < -0.3 is 4.84 Å². The van der Waals surface area contributed by atoms with Crippen molar-refractivity contribution in [1.29, 1.82) is 0 Å². The van der Waals surface area contributed by atoms with E-state index in [0.717, 1.165) is 6.42 Å². The molecule has 5 rings (SSSR count). The quantitative estimate of drug-likeness (QED) is 0.485. The number of carbonyl (C=O) groups is 2. The Bertz CT molecular complexity index is 694. The first kappa shape index (κ1) is 13.3. The van der Waals surface area contributed by atoms with Crippen LogP contribution in [-0.4, -0.2) is 30.0 Å². The molecule has 7 heteroatoms. The third kappa shape index (κ3) is 1.70. The Morgan fingerprint density at radius 1 is 1.32 bits per heavy atom. The summed E-state index contributed by atoms with van der Waals surface area (Å²) in [7, 11) is 0. The van der Waals surface area contributed by atoms with E-state index in [0.29, 0.717) is 24.6 Å². The minimum absolute atomic E-state index is 0.154. The van der Waals surface area contributed by atoms with Crippen LogP contribution in [0.3, 0.4) is 0 Å². The highest BCUT2D eigenvalue weighted by atomic mass is 16.7. The van der Waals surface area contributed by atoms with Crippen LogP contribution in [0.4, 0.5) is 0 Å². The minimum Gasteiger partial charge on any atom is -0.364 e. The molecule has 0 aromatic heterocycles. The summed E-state index contributed by atoms with van der Waals surface area (Å²) in [5, 5.41) is 4.92. The summed E-state index contributed by atoms with van der Waals surface area (Å²) < 4.78 is 0. The maximum absolute atomic E-state index is 12.1. The Kier molecular flexibility index (Phi) is 2.76. The summed E-state index contributed by atoms with van der Waals surface area (Å²) in [6, 6.07) is 8.82. The van der Waals surface area contributed by atoms with Gasteiger partial charge in [0.2, 0.25) is 5.91 Å². The number of azide groups is 1. The predicted octanol–water partition coefficient (Wildman–Crippen LogP) is 2.16. The van der Waals surface area contributed by atoms with Crippen LogP contribution in [-0.2, 0) is 9.63 Å². The molecule has 0 spiro atoms. The van der Waals surface area contributed by atoms with Crippen molar-refractivity contribution in [3.05, 3.63) is 46.3 Å². The number of carbonyl (C=O) groups excluding carboxylic acids is 2. The summed E-state index contributed by atoms with van der Waals surface area (Å²) in [6.45, 7) is 1.15. The molecule has 4 atom stereocenters. The fourth-order valence-electron chi connectivity index (χ4n) is 4.15. The van der Waals surface area contributed by atoms with E-state index in [2.05, 4.69) is 10.0 Å². The summed E-state index contributed by atoms with van der Waals surface area (Å²) >= 11 is 0. The maximum atomic E-state index is 12.1. The summed E-state index contributed by atoms with van der Waals surface area (Å²) in [6.07, 6.45) is 0.788. The van der Waals surface area contributed by atoms with Crippen molar-refractivity contribution in [2.45, 2.75) is 6.42 Å². The van der Waals surface area contributed by atoms with Crippen molar-refractivity contribution < 1.29 is 14.4 Å². The molecule has 4 aliphatic rings. The molecule has 2 heterocycles. The van der Waals surface area contributed by atoms with Crippen LogP contribution in [0.1, 0.15) is 16.8 Å². The molecule has 22 heavy (non-hydrogen) atoms. The molecule has 2 aliphatic heterocycles. The summed E-state index contributed by atoms with van der Waals surface area (Å²) in [5.41, 5.74) is 8.50. The van der Waals surface area contributed by atoms with Gasteiger partial charge in [-0.25, -0.2) is 4.79 Å². The molecule has 1 unspecified atom stereocenters. The molecule has 112 valence electrons. The van der Waals surface area contributed by atoms with Gasteiger partial charge in [0.05, 0.1) is 5.56 Å². The van der Waals surface area contributed by atoms with Crippen LogP contribution < -0.4 is 0 Å². The fourth-order valence-corrected chi connectivity index (χ4v) is 4.15. The largest absolute Gasteiger partial charge is 0.364 e. The zero-order chi connectivity index (χ0) is 15.3. The van der Waals surface area contributed by atoms with Gasteiger partial charge in [-0.1, -0.05) is 18.2 Å². The zero-order valence-corrected chi connectivity index (χ0v) is 11.8. The van der Waals surface area contributed by atoms with Crippen LogP contribution in [0.25, 0.3) is 10.4 Å². The minimum atomic E-state index is -0.444. The molecular formula is C15H14N4O3. The second-order valence-corrected chi connectivity index (χ2v) is 6.09. The van der Waals surface area contributed by atoms with Crippen molar-refractivity contribution in [2.75, 3.05) is 13.1 Å². The van der Waals surface area contributed by atoms with Gasteiger partial charge in [0.25, 0.3) is 0 Å². The van der Waals surface area contributed by atoms with E-state index in [1.54, 1.807) is 29.3 Å². The number of hydroxylamine groups is 2. The molecule has 1 aromatic rings. The first-order valence-corrected chi connectivity index (χ1v) is 7.31. The van der Waals surface area contributed by atoms with E-state index < -0.39 is 5.41 Å². The maximum Gasteiger partial charge on any atom is 0.357 e. The lowest BCUT2D eigenvalue weighted by molar-refractivity contribution is -0.123. The third-order valence-corrected chi connectivity index (χ3v) is 5.24. The predicted molar refractivity (Wildman–Crippen MR) is 75.1 cm³/mol. The van der Waals surface area contributed by atoms with Gasteiger partial charge >= 0.3 is 5.97 Å². The van der Waals surface area contributed by atoms with Crippen LogP contribution in [0.15, 0.2) is 35.4 Å². The van der Waals surface area contributed by atoms with Gasteiger partial charge in [-0.15, -0.1) is 5.06 Å². The summed E-state index contributed by atoms with van der Waals surface area (Å²) in [5.74, 6) is 0.0276. The Morgan fingerprint density at radius 3 is 2.82 bits per heavy atom. The average Bonchev–Trinajstić information content (AvgIpc) is 3.39. The van der Waals surface area contributed by atoms with Gasteiger partial charge in [-0.05, 0) is 47.0 Å². The number of fused-ring (bicyclic) bond motifs is 3. The monoisotopic (exact) mass is 298 g/mol. The van der Waals surface area contributed by atoms with Crippen molar-refractivity contribution in [1.82, 2.24) is 5.06 Å². The molecule has 2 bridgehead atoms. The summed E-state index contributed by atoms with van der Waals surface area (Å²) in [4.78, 5) is 32.1. The Balaban J connectivity index is 1.42. The van der Waals surface area contributed by atoms with Crippen molar-refractivity contribution in [3.8, 4) is 0 Å². The number of amides is 1. The lowest BCUT2D eigenvalue weighted by Crippen LogP contribution is -2.30. The smallest absolute Gasteiger partial charge is 0.357 e. The van der Waals surface area contributed by atoms with Crippen molar-refractivity contribution in [3.63, 3.8) is 0 Å². The Hall–Kier alpha value is -2.37. The molecule has 4 fully saturated rings. The second kappa shape index (κ2) is 4.56. The standard InChI is InChI=1S/C15H14N4O3/c16-18-17-14(21)15-10-6-7-19(8-11(15)12(10)15)22-13(20)9-4-2-1-3-5-9/h1-5,10-12H,6-8H2/t10-,11?,12-,15-/m1/s1. The van der Waals surface area contributed by atoms with Crippen LogP contribution in [0, 0.1) is 23.2 Å². The molecule has 2 saturated heterocycles. The molecule has 7 nitrogen and oxygen atoms in total. The van der Waals surface area contributed by atoms with E-state index in [9.17, 15) is 9.59 Å². The van der Waals surface area contributed by atoms with Crippen molar-refractivity contribution >= 4 is 11.9 Å². The highest BCUT2D eigenvalue weighted by Crippen LogP contribution is 2.86. The number of nitrogens with zero attached hydrogens (tertiary/aromatic N) is 4. The Morgan fingerprint density at radius 2 is 2.09 bits per heavy atom. The highest BCUT2D eigenvalue weighted by Gasteiger charge is 2.89. The number of hydrogen-bond acceptors (Lipinski definition) is 4. The molecule has 1 aromatic carbocycles. The van der Waals surface area contributed by atoms with E-state index in [1.165, 1.54) is 0 Å². The number of rotatable bonds is 3. The van der Waals surface area contributed by atoms with Gasteiger partial charge in [0.15, 0.2) is 0 Å². The molecule has 2 saturated carbocycles. The van der Waals surface area contributed by atoms with Gasteiger partial charge in [0, 0.05) is 23.4 Å². The second-order valence-electron chi connectivity index (χ2n) is 6.09. The lowest BCUT2D eigenvalue weighted by atomic mass is 9.95. The SMILES string of the molecule is [N-]=[N+]=NC(=O)[C@@]12C3CN(OC(=O)c4ccccc4)CC[C@@H]1[C@H]32. The van der Waals surface area contributed by atoms with E-state index >= 15 is 0 Å². The van der Waals surface area contributed by atoms with E-state index in [-0.39, 0.29) is 23.7 Å². The van der Waals surface area contributed by atoms with Crippen molar-refractivity contribution in [2.24, 2.45) is 28.3 Å². The molecular weight excluding hydrogens is 284 g/mol. The highest BCUT2D eigenvalue weighted by molar-refractivity contribution is 5.93. The van der Waals surface area contributed by atoms with Gasteiger partial charge in [-0.2, -0.15) is 0 Å². The van der Waals surface area contributed by atoms with E-state index in [4.69, 9.17) is 10.4 Å². The number of hydrogen-bond donors (Lipinski definition) is 0. The Labute approximate surface area is 126 Å². The normalized spacial score (nSPS) is 34.6. The molecule has 0 N–H and O–H groups in total. The number of benzene rings is 1. The molecule has 0 radical (unpaired) electrons. The first-order chi connectivity index (χ1) is 10.7. The zero-order valence-electron chi connectivity index (χ0n) is 11.8. The van der Waals surface area contributed by atoms with E-state index in [1.807, 2.05) is 6.07 Å². The van der Waals surface area contributed by atoms with Crippen LogP contribution >= 0.6 is 0 Å². The lowest BCUT2D eigenvalue weighted by Gasteiger charge is -2.19. The molecule has 2 aliphatic carbocycles. The third-order valence-electron chi connectivity index (χ3n) is 5.24. The first-order valence-electron chi connectivity index (χ1n) is 7.31. The van der Waals surface area contributed by atoms with Crippen LogP contribution in [0.2, 0.25) is 0 Å². The van der Waals surface area contributed by atoms with Gasteiger partial charge in [0.1, 0.15) is 0 Å². The molecule has 1 amide bonds. The van der Waals surface area contributed by atoms with Crippen LogP contribution in [0.5, 0.6) is 0 Å². The average molecular weight is 298 g/mol.